The van der Waals surface area contributed by atoms with Gasteiger partial charge in [-0.25, -0.2) is 0 Å². The maximum atomic E-state index is 6.67. The van der Waals surface area contributed by atoms with Crippen molar-refractivity contribution in [3.05, 3.63) is 34.3 Å². The number of nitrogens with two attached hydrogens (primary N) is 1. The highest BCUT2D eigenvalue weighted by atomic mass is 79.9. The second-order valence-corrected chi connectivity index (χ2v) is 8.03. The third-order valence-corrected chi connectivity index (χ3v) is 6.04. The maximum Gasteiger partial charge on any atom is 0.0178 e. The minimum absolute atomic E-state index is 0.145. The van der Waals surface area contributed by atoms with Gasteiger partial charge in [0.15, 0.2) is 0 Å². The molecule has 2 heteroatoms. The lowest BCUT2D eigenvalue weighted by Crippen LogP contribution is -2.61. The molecule has 4 aliphatic carbocycles. The minimum Gasteiger partial charge on any atom is -0.325 e. The zero-order valence-corrected chi connectivity index (χ0v) is 12.2. The molecular weight excluding hydrogens is 286 g/mol. The molecule has 0 amide bonds. The smallest absolute Gasteiger partial charge is 0.0178 e. The van der Waals surface area contributed by atoms with Crippen molar-refractivity contribution in [3.63, 3.8) is 0 Å². The molecule has 1 aromatic rings. The summed E-state index contributed by atoms with van der Waals surface area (Å²) in [4.78, 5) is 0. The van der Waals surface area contributed by atoms with Crippen LogP contribution in [0.3, 0.4) is 0 Å². The monoisotopic (exact) mass is 305 g/mol. The molecule has 18 heavy (non-hydrogen) atoms. The summed E-state index contributed by atoms with van der Waals surface area (Å²) in [6.07, 6.45) is 7.95. The van der Waals surface area contributed by atoms with Crippen LogP contribution in [0.4, 0.5) is 0 Å². The Morgan fingerprint density at radius 2 is 1.83 bits per heavy atom. The Bertz CT molecular complexity index is 482. The molecule has 0 aliphatic heterocycles. The van der Waals surface area contributed by atoms with Crippen molar-refractivity contribution in [1.82, 2.24) is 0 Å². The Morgan fingerprint density at radius 1 is 1.11 bits per heavy atom. The van der Waals surface area contributed by atoms with Crippen molar-refractivity contribution in [3.8, 4) is 0 Å². The molecule has 4 aliphatic rings. The highest BCUT2D eigenvalue weighted by Gasteiger charge is 2.56. The Balaban J connectivity index is 1.80. The van der Waals surface area contributed by atoms with Gasteiger partial charge in [-0.3, -0.25) is 0 Å². The molecule has 96 valence electrons. The van der Waals surface area contributed by atoms with Gasteiger partial charge in [-0.05, 0) is 73.5 Å². The third kappa shape index (κ3) is 1.61. The first kappa shape index (κ1) is 11.5. The van der Waals surface area contributed by atoms with Crippen LogP contribution < -0.4 is 5.73 Å². The molecule has 0 saturated heterocycles. The minimum atomic E-state index is 0.145. The standard InChI is InChI=1S/C16H20BrN/c17-14-3-1-2-13(5-14)15-6-11-4-12(7-15)9-16(18,8-11)10-15/h1-3,5,11-12H,4,6-10,18H2. The average molecular weight is 306 g/mol. The van der Waals surface area contributed by atoms with Crippen LogP contribution in [0.25, 0.3) is 0 Å². The van der Waals surface area contributed by atoms with Crippen molar-refractivity contribution in [1.29, 1.82) is 0 Å². The van der Waals surface area contributed by atoms with Crippen molar-refractivity contribution >= 4 is 15.9 Å². The summed E-state index contributed by atoms with van der Waals surface area (Å²) in [5, 5.41) is 0. The molecule has 2 N–H and O–H groups in total. The number of halogens is 1. The van der Waals surface area contributed by atoms with Crippen molar-refractivity contribution in [2.24, 2.45) is 17.6 Å². The van der Waals surface area contributed by atoms with Gasteiger partial charge in [0, 0.05) is 10.0 Å². The third-order valence-electron chi connectivity index (χ3n) is 5.54. The normalized spacial score (nSPS) is 45.4. The maximum absolute atomic E-state index is 6.67. The van der Waals surface area contributed by atoms with Gasteiger partial charge in [0.1, 0.15) is 0 Å². The van der Waals surface area contributed by atoms with E-state index >= 15 is 0 Å². The van der Waals surface area contributed by atoms with Crippen molar-refractivity contribution < 1.29 is 0 Å². The van der Waals surface area contributed by atoms with E-state index in [0.29, 0.717) is 5.41 Å². The van der Waals surface area contributed by atoms with Crippen LogP contribution in [0.15, 0.2) is 28.7 Å². The summed E-state index contributed by atoms with van der Waals surface area (Å²) < 4.78 is 1.21. The van der Waals surface area contributed by atoms with Gasteiger partial charge in [-0.15, -0.1) is 0 Å². The van der Waals surface area contributed by atoms with E-state index < -0.39 is 0 Å². The molecule has 1 nitrogen and oxygen atoms in total. The molecule has 4 saturated carbocycles. The molecule has 1 aromatic carbocycles. The molecule has 0 radical (unpaired) electrons. The lowest BCUT2D eigenvalue weighted by atomic mass is 9.45. The molecule has 0 heterocycles. The first-order valence-electron chi connectivity index (χ1n) is 7.12. The van der Waals surface area contributed by atoms with Gasteiger partial charge in [0.05, 0.1) is 0 Å². The van der Waals surface area contributed by atoms with E-state index in [0.717, 1.165) is 11.8 Å². The largest absolute Gasteiger partial charge is 0.325 e. The van der Waals surface area contributed by atoms with Gasteiger partial charge in [0.2, 0.25) is 0 Å². The van der Waals surface area contributed by atoms with Gasteiger partial charge in [0.25, 0.3) is 0 Å². The van der Waals surface area contributed by atoms with Crippen molar-refractivity contribution in [2.45, 2.75) is 49.5 Å². The molecule has 5 rings (SSSR count). The summed E-state index contributed by atoms with van der Waals surface area (Å²) in [6, 6.07) is 8.96. The molecule has 0 aromatic heterocycles. The number of hydrogen-bond donors (Lipinski definition) is 1. The van der Waals surface area contributed by atoms with E-state index in [1.165, 1.54) is 48.6 Å². The summed E-state index contributed by atoms with van der Waals surface area (Å²) in [7, 11) is 0. The first-order valence-corrected chi connectivity index (χ1v) is 7.91. The molecule has 0 spiro atoms. The van der Waals surface area contributed by atoms with Crippen LogP contribution in [-0.2, 0) is 5.41 Å². The summed E-state index contributed by atoms with van der Waals surface area (Å²) in [5.41, 5.74) is 8.73. The van der Waals surface area contributed by atoms with Gasteiger partial charge >= 0.3 is 0 Å². The van der Waals surface area contributed by atoms with Gasteiger partial charge in [-0.2, -0.15) is 0 Å². The van der Waals surface area contributed by atoms with Crippen molar-refractivity contribution in [2.75, 3.05) is 0 Å². The first-order chi connectivity index (χ1) is 8.57. The highest BCUT2D eigenvalue weighted by Crippen LogP contribution is 2.61. The number of rotatable bonds is 1. The fraction of sp³-hybridized carbons (Fsp3) is 0.625. The van der Waals surface area contributed by atoms with E-state index in [-0.39, 0.29) is 5.54 Å². The molecule has 2 unspecified atom stereocenters. The van der Waals surface area contributed by atoms with Crippen LogP contribution >= 0.6 is 15.9 Å². The number of benzene rings is 1. The SMILES string of the molecule is NC12CC3CC(C1)CC(c1cccc(Br)c1)(C3)C2. The average Bonchev–Trinajstić information content (AvgIpc) is 2.25. The Kier molecular flexibility index (Phi) is 2.30. The fourth-order valence-corrected chi connectivity index (χ4v) is 5.89. The van der Waals surface area contributed by atoms with E-state index in [4.69, 9.17) is 5.73 Å². The fourth-order valence-electron chi connectivity index (χ4n) is 5.49. The van der Waals surface area contributed by atoms with Crippen LogP contribution in [0.1, 0.15) is 44.1 Å². The predicted molar refractivity (Wildman–Crippen MR) is 77.4 cm³/mol. The number of hydrogen-bond acceptors (Lipinski definition) is 1. The zero-order valence-electron chi connectivity index (χ0n) is 10.7. The van der Waals surface area contributed by atoms with Gasteiger partial charge < -0.3 is 5.73 Å². The summed E-state index contributed by atoms with van der Waals surface area (Å²) >= 11 is 3.62. The Morgan fingerprint density at radius 3 is 2.44 bits per heavy atom. The summed E-state index contributed by atoms with van der Waals surface area (Å²) in [5.74, 6) is 1.77. The van der Waals surface area contributed by atoms with E-state index in [1.54, 1.807) is 0 Å². The van der Waals surface area contributed by atoms with E-state index in [9.17, 15) is 0 Å². The van der Waals surface area contributed by atoms with E-state index in [2.05, 4.69) is 40.2 Å². The summed E-state index contributed by atoms with van der Waals surface area (Å²) in [6.45, 7) is 0. The lowest BCUT2D eigenvalue weighted by Gasteiger charge is -2.61. The van der Waals surface area contributed by atoms with Crippen LogP contribution in [0.5, 0.6) is 0 Å². The Hall–Kier alpha value is -0.340. The quantitative estimate of drug-likeness (QED) is 0.834. The van der Waals surface area contributed by atoms with Gasteiger partial charge in [-0.1, -0.05) is 28.1 Å². The predicted octanol–water partition coefficient (Wildman–Crippen LogP) is 4.00. The van der Waals surface area contributed by atoms with Crippen LogP contribution in [-0.4, -0.2) is 5.54 Å². The topological polar surface area (TPSA) is 26.0 Å². The molecule has 2 atom stereocenters. The second kappa shape index (κ2) is 3.61. The molecule has 4 bridgehead atoms. The Labute approximate surface area is 117 Å². The second-order valence-electron chi connectivity index (χ2n) is 7.11. The van der Waals surface area contributed by atoms with Crippen LogP contribution in [0, 0.1) is 11.8 Å². The molecule has 4 fully saturated rings. The zero-order chi connectivity index (χ0) is 12.4. The molecular formula is C16H20BrN. The lowest BCUT2D eigenvalue weighted by molar-refractivity contribution is -0.0227. The van der Waals surface area contributed by atoms with E-state index in [1.807, 2.05) is 0 Å². The highest BCUT2D eigenvalue weighted by molar-refractivity contribution is 9.10. The van der Waals surface area contributed by atoms with Crippen LogP contribution in [0.2, 0.25) is 0 Å².